The fraction of sp³-hybridized carbons (Fsp3) is 0.200. The van der Waals surface area contributed by atoms with Crippen LogP contribution in [0.1, 0.15) is 20.8 Å². The van der Waals surface area contributed by atoms with Gasteiger partial charge in [0.25, 0.3) is 0 Å². The van der Waals surface area contributed by atoms with Gasteiger partial charge in [-0.2, -0.15) is 0 Å². The predicted molar refractivity (Wildman–Crippen MR) is 99.4 cm³/mol. The van der Waals surface area contributed by atoms with Gasteiger partial charge >= 0.3 is 0 Å². The Labute approximate surface area is 138 Å². The second-order valence-corrected chi connectivity index (χ2v) is 10.8. The van der Waals surface area contributed by atoms with E-state index in [1.165, 1.54) is 26.7 Å². The summed E-state index contributed by atoms with van der Waals surface area (Å²) < 4.78 is 0. The molecule has 0 saturated carbocycles. The number of hydrogen-bond donors (Lipinski definition) is 0. The van der Waals surface area contributed by atoms with E-state index in [1.807, 2.05) is 0 Å². The van der Waals surface area contributed by atoms with Crippen LogP contribution in [-0.4, -0.2) is 7.38 Å². The third-order valence-electron chi connectivity index (χ3n) is 4.67. The van der Waals surface area contributed by atoms with Gasteiger partial charge in [0.2, 0.25) is 7.38 Å². The predicted octanol–water partition coefficient (Wildman–Crippen LogP) is 4.44. The molecule has 2 aromatic rings. The van der Waals surface area contributed by atoms with E-state index in [0.717, 1.165) is 0 Å². The maximum absolute atomic E-state index is 7.50. The first-order valence-corrected chi connectivity index (χ1v) is 10.8. The number of allylic oxidation sites excluding steroid dienone is 4. The van der Waals surface area contributed by atoms with E-state index in [1.54, 1.807) is 0 Å². The zero-order valence-corrected chi connectivity index (χ0v) is 15.1. The van der Waals surface area contributed by atoms with Gasteiger partial charge in [0.1, 0.15) is 0 Å². The van der Waals surface area contributed by atoms with Crippen LogP contribution in [0.5, 0.6) is 0 Å². The Morgan fingerprint density at radius 3 is 1.64 bits per heavy atom. The molecule has 1 aliphatic carbocycles. The van der Waals surface area contributed by atoms with Crippen LogP contribution in [-0.2, 0) is 0 Å². The molecule has 0 aliphatic heterocycles. The molecule has 112 valence electrons. The van der Waals surface area contributed by atoms with Crippen molar-refractivity contribution in [3.05, 3.63) is 83.1 Å². The van der Waals surface area contributed by atoms with Crippen LogP contribution in [0.4, 0.5) is 0 Å². The van der Waals surface area contributed by atoms with Gasteiger partial charge in [-0.05, 0) is 35.3 Å². The fourth-order valence-electron chi connectivity index (χ4n) is 3.52. The summed E-state index contributed by atoms with van der Waals surface area (Å²) in [5.74, 6) is 0.407. The summed E-state index contributed by atoms with van der Waals surface area (Å²) in [4.78, 5) is 0. The maximum Gasteiger partial charge on any atom is 0.244 e. The SMILES string of the molecule is CC1=CC(C)C([Si](Cl)(c2ccccc2)c2ccccc2)=C1C. The van der Waals surface area contributed by atoms with Crippen molar-refractivity contribution in [3.8, 4) is 0 Å². The quantitative estimate of drug-likeness (QED) is 0.578. The molecule has 3 rings (SSSR count). The molecule has 0 aromatic heterocycles. The zero-order chi connectivity index (χ0) is 15.7. The molecule has 0 fully saturated rings. The van der Waals surface area contributed by atoms with Gasteiger partial charge in [0.05, 0.1) is 0 Å². The molecule has 1 unspecified atom stereocenters. The van der Waals surface area contributed by atoms with E-state index in [9.17, 15) is 0 Å². The normalized spacial score (nSPS) is 18.5. The summed E-state index contributed by atoms with van der Waals surface area (Å²) in [6.07, 6.45) is 2.35. The lowest BCUT2D eigenvalue weighted by Gasteiger charge is -2.31. The van der Waals surface area contributed by atoms with Gasteiger partial charge in [0.15, 0.2) is 0 Å². The molecule has 1 atom stereocenters. The molecular formula is C20H21ClSi. The largest absolute Gasteiger partial charge is 0.244 e. The molecule has 1 aliphatic rings. The second kappa shape index (κ2) is 5.90. The molecule has 0 nitrogen and oxygen atoms in total. The Morgan fingerprint density at radius 1 is 0.818 bits per heavy atom. The maximum atomic E-state index is 7.50. The van der Waals surface area contributed by atoms with Crippen LogP contribution >= 0.6 is 11.1 Å². The highest BCUT2D eigenvalue weighted by atomic mass is 35.6. The Balaban J connectivity index is 2.27. The summed E-state index contributed by atoms with van der Waals surface area (Å²) in [5.41, 5.74) is 2.74. The lowest BCUT2D eigenvalue weighted by molar-refractivity contribution is 0.924. The van der Waals surface area contributed by atoms with Crippen LogP contribution in [0.3, 0.4) is 0 Å². The molecular weight excluding hydrogens is 304 g/mol. The van der Waals surface area contributed by atoms with E-state index in [0.29, 0.717) is 5.92 Å². The second-order valence-electron chi connectivity index (χ2n) is 6.07. The highest BCUT2D eigenvalue weighted by Crippen LogP contribution is 2.38. The van der Waals surface area contributed by atoms with Crippen LogP contribution in [0.2, 0.25) is 0 Å². The van der Waals surface area contributed by atoms with Crippen LogP contribution in [0.25, 0.3) is 0 Å². The Morgan fingerprint density at radius 2 is 1.27 bits per heavy atom. The Bertz CT molecular complexity index is 689. The summed E-state index contributed by atoms with van der Waals surface area (Å²) in [6, 6.07) is 21.2. The van der Waals surface area contributed by atoms with Crippen molar-refractivity contribution in [2.24, 2.45) is 5.92 Å². The first kappa shape index (κ1) is 15.3. The topological polar surface area (TPSA) is 0 Å². The van der Waals surface area contributed by atoms with Crippen LogP contribution < -0.4 is 10.4 Å². The van der Waals surface area contributed by atoms with Crippen molar-refractivity contribution in [2.45, 2.75) is 20.8 Å². The number of rotatable bonds is 3. The van der Waals surface area contributed by atoms with Gasteiger partial charge in [-0.1, -0.05) is 84.8 Å². The monoisotopic (exact) mass is 324 g/mol. The third-order valence-corrected chi connectivity index (χ3v) is 10.4. The minimum atomic E-state index is -2.44. The molecule has 2 aromatic carbocycles. The van der Waals surface area contributed by atoms with Gasteiger partial charge in [-0.25, -0.2) is 0 Å². The van der Waals surface area contributed by atoms with E-state index in [2.05, 4.69) is 87.5 Å². The third kappa shape index (κ3) is 2.39. The minimum Gasteiger partial charge on any atom is -0.149 e. The van der Waals surface area contributed by atoms with E-state index < -0.39 is 7.38 Å². The lowest BCUT2D eigenvalue weighted by atomic mass is 10.2. The van der Waals surface area contributed by atoms with Crippen molar-refractivity contribution in [2.75, 3.05) is 0 Å². The Kier molecular flexibility index (Phi) is 4.11. The van der Waals surface area contributed by atoms with Crippen molar-refractivity contribution in [1.29, 1.82) is 0 Å². The average Bonchev–Trinajstić information content (AvgIpc) is 2.81. The fourth-order valence-corrected chi connectivity index (χ4v) is 8.90. The molecule has 22 heavy (non-hydrogen) atoms. The van der Waals surface area contributed by atoms with E-state index in [-0.39, 0.29) is 0 Å². The van der Waals surface area contributed by atoms with Crippen molar-refractivity contribution in [3.63, 3.8) is 0 Å². The zero-order valence-electron chi connectivity index (χ0n) is 13.3. The summed E-state index contributed by atoms with van der Waals surface area (Å²) >= 11 is 7.50. The molecule has 0 radical (unpaired) electrons. The van der Waals surface area contributed by atoms with E-state index >= 15 is 0 Å². The van der Waals surface area contributed by atoms with Gasteiger partial charge in [-0.15, -0.1) is 11.1 Å². The average molecular weight is 325 g/mol. The standard InChI is InChI=1S/C20H21ClSi/c1-15-14-16(2)20(17(15)3)22(21,18-10-6-4-7-11-18)19-12-8-5-9-13-19/h4-14,16H,1-3H3. The van der Waals surface area contributed by atoms with Gasteiger partial charge in [0, 0.05) is 0 Å². The van der Waals surface area contributed by atoms with Crippen LogP contribution in [0.15, 0.2) is 83.1 Å². The first-order valence-electron chi connectivity index (χ1n) is 7.75. The van der Waals surface area contributed by atoms with E-state index in [4.69, 9.17) is 11.1 Å². The lowest BCUT2D eigenvalue weighted by Crippen LogP contribution is -2.56. The van der Waals surface area contributed by atoms with Crippen molar-refractivity contribution >= 4 is 28.8 Å². The summed E-state index contributed by atoms with van der Waals surface area (Å²) in [6.45, 7) is 6.69. The highest BCUT2D eigenvalue weighted by molar-refractivity contribution is 7.37. The summed E-state index contributed by atoms with van der Waals surface area (Å²) in [5, 5.41) is 3.98. The molecule has 2 heteroatoms. The molecule has 0 amide bonds. The van der Waals surface area contributed by atoms with Crippen molar-refractivity contribution in [1.82, 2.24) is 0 Å². The highest BCUT2D eigenvalue weighted by Gasteiger charge is 2.44. The summed E-state index contributed by atoms with van der Waals surface area (Å²) in [7, 11) is -2.44. The Hall–Kier alpha value is -1.57. The van der Waals surface area contributed by atoms with Crippen LogP contribution in [0, 0.1) is 5.92 Å². The molecule has 0 spiro atoms. The molecule has 0 saturated heterocycles. The van der Waals surface area contributed by atoms with Crippen molar-refractivity contribution < 1.29 is 0 Å². The number of hydrogen-bond acceptors (Lipinski definition) is 0. The molecule has 0 heterocycles. The minimum absolute atomic E-state index is 0.407. The number of halogens is 1. The number of benzene rings is 2. The first-order chi connectivity index (χ1) is 10.5. The molecule has 0 bridgehead atoms. The van der Waals surface area contributed by atoms with Gasteiger partial charge in [-0.3, -0.25) is 0 Å². The van der Waals surface area contributed by atoms with Gasteiger partial charge < -0.3 is 0 Å². The smallest absolute Gasteiger partial charge is 0.149 e. The molecule has 0 N–H and O–H groups in total.